The molecule has 0 unspecified atom stereocenters. The number of urea groups is 1. The monoisotopic (exact) mass is 556 g/mol. The van der Waals surface area contributed by atoms with Gasteiger partial charge in [0.2, 0.25) is 11.8 Å². The van der Waals surface area contributed by atoms with Crippen molar-refractivity contribution in [3.05, 3.63) is 78.0 Å². The molecule has 4 amide bonds. The highest BCUT2D eigenvalue weighted by atomic mass is 32.1. The SMILES string of the molecule is C=CC(=O)N[C@H]1COC[C@H]1NC(=O)c1sc2nccc3c2c1NC(=O)N3c1cnc(Oc2ccccc2)cc1C. The summed E-state index contributed by atoms with van der Waals surface area (Å²) in [5.74, 6) is 0.308. The summed E-state index contributed by atoms with van der Waals surface area (Å²) in [5.41, 5.74) is 2.31. The van der Waals surface area contributed by atoms with E-state index < -0.39 is 24.0 Å². The Balaban J connectivity index is 1.30. The van der Waals surface area contributed by atoms with Crippen molar-refractivity contribution in [1.82, 2.24) is 20.6 Å². The van der Waals surface area contributed by atoms with Crippen LogP contribution < -0.4 is 25.6 Å². The lowest BCUT2D eigenvalue weighted by Gasteiger charge is -2.29. The lowest BCUT2D eigenvalue weighted by molar-refractivity contribution is -0.117. The van der Waals surface area contributed by atoms with Crippen LogP contribution in [-0.4, -0.2) is 53.1 Å². The topological polar surface area (TPSA) is 135 Å². The van der Waals surface area contributed by atoms with Gasteiger partial charge in [-0.25, -0.2) is 14.8 Å². The molecule has 0 bridgehead atoms. The Kier molecular flexibility index (Phi) is 6.62. The summed E-state index contributed by atoms with van der Waals surface area (Å²) < 4.78 is 11.3. The molecule has 0 radical (unpaired) electrons. The number of nitrogens with zero attached hydrogens (tertiary/aromatic N) is 3. The molecule has 2 aliphatic heterocycles. The minimum absolute atomic E-state index is 0.244. The largest absolute Gasteiger partial charge is 0.439 e. The number of aromatic nitrogens is 2. The van der Waals surface area contributed by atoms with Crippen molar-refractivity contribution in [2.24, 2.45) is 0 Å². The van der Waals surface area contributed by atoms with Gasteiger partial charge in [-0.05, 0) is 36.8 Å². The molecular formula is C28H24N6O5S. The highest BCUT2D eigenvalue weighted by Gasteiger charge is 2.36. The van der Waals surface area contributed by atoms with Crippen molar-refractivity contribution in [2.45, 2.75) is 19.0 Å². The fourth-order valence-electron chi connectivity index (χ4n) is 4.72. The van der Waals surface area contributed by atoms with Crippen LogP contribution in [0.1, 0.15) is 15.2 Å². The van der Waals surface area contributed by atoms with Gasteiger partial charge in [0.1, 0.15) is 15.5 Å². The lowest BCUT2D eigenvalue weighted by Crippen LogP contribution is -2.50. The molecule has 3 N–H and O–H groups in total. The molecular weight excluding hydrogens is 532 g/mol. The van der Waals surface area contributed by atoms with Crippen molar-refractivity contribution in [3.8, 4) is 11.6 Å². The summed E-state index contributed by atoms with van der Waals surface area (Å²) in [5, 5.41) is 9.23. The quantitative estimate of drug-likeness (QED) is 0.289. The number of carbonyl (C=O) groups is 3. The predicted molar refractivity (Wildman–Crippen MR) is 150 cm³/mol. The van der Waals surface area contributed by atoms with E-state index in [-0.39, 0.29) is 19.1 Å². The molecule has 202 valence electrons. The lowest BCUT2D eigenvalue weighted by atomic mass is 10.1. The normalized spacial score (nSPS) is 17.8. The molecule has 12 heteroatoms. The van der Waals surface area contributed by atoms with Crippen LogP contribution in [-0.2, 0) is 9.53 Å². The van der Waals surface area contributed by atoms with E-state index in [0.717, 1.165) is 5.56 Å². The number of para-hydroxylation sites is 1. The summed E-state index contributed by atoms with van der Waals surface area (Å²) >= 11 is 1.18. The molecule has 11 nitrogen and oxygen atoms in total. The van der Waals surface area contributed by atoms with E-state index in [1.807, 2.05) is 37.3 Å². The number of aryl methyl sites for hydroxylation is 1. The van der Waals surface area contributed by atoms with Gasteiger partial charge in [0, 0.05) is 12.3 Å². The minimum atomic E-state index is -0.442. The van der Waals surface area contributed by atoms with Crippen LogP contribution in [0.15, 0.2) is 67.5 Å². The van der Waals surface area contributed by atoms with Gasteiger partial charge in [-0.1, -0.05) is 24.8 Å². The number of carbonyl (C=O) groups excluding carboxylic acids is 3. The van der Waals surface area contributed by atoms with Gasteiger partial charge in [-0.15, -0.1) is 11.3 Å². The average Bonchev–Trinajstić information content (AvgIpc) is 3.55. The first-order valence-electron chi connectivity index (χ1n) is 12.5. The highest BCUT2D eigenvalue weighted by molar-refractivity contribution is 7.21. The Morgan fingerprint density at radius 3 is 2.67 bits per heavy atom. The second-order valence-electron chi connectivity index (χ2n) is 9.24. The van der Waals surface area contributed by atoms with Crippen molar-refractivity contribution in [1.29, 1.82) is 0 Å². The fraction of sp³-hybridized carbons (Fsp3) is 0.179. The number of hydrogen-bond acceptors (Lipinski definition) is 8. The molecule has 0 spiro atoms. The van der Waals surface area contributed by atoms with Crippen molar-refractivity contribution in [2.75, 3.05) is 23.4 Å². The van der Waals surface area contributed by atoms with Gasteiger partial charge in [0.15, 0.2) is 0 Å². The molecule has 1 saturated heterocycles. The summed E-state index contributed by atoms with van der Waals surface area (Å²) in [6.07, 6.45) is 4.36. The highest BCUT2D eigenvalue weighted by Crippen LogP contribution is 2.46. The number of hydrogen-bond donors (Lipinski definition) is 3. The first-order chi connectivity index (χ1) is 19.4. The minimum Gasteiger partial charge on any atom is -0.439 e. The molecule has 3 aromatic heterocycles. The Morgan fingerprint density at radius 1 is 1.15 bits per heavy atom. The Morgan fingerprint density at radius 2 is 1.93 bits per heavy atom. The van der Waals surface area contributed by atoms with E-state index >= 15 is 0 Å². The van der Waals surface area contributed by atoms with Crippen LogP contribution in [0.5, 0.6) is 11.6 Å². The number of anilines is 3. The molecule has 2 atom stereocenters. The number of nitrogens with one attached hydrogen (secondary N) is 3. The van der Waals surface area contributed by atoms with E-state index in [4.69, 9.17) is 9.47 Å². The number of ether oxygens (including phenoxy) is 2. The number of thiophene rings is 1. The summed E-state index contributed by atoms with van der Waals surface area (Å²) in [6, 6.07) is 11.5. The van der Waals surface area contributed by atoms with Crippen LogP contribution in [0.2, 0.25) is 0 Å². The van der Waals surface area contributed by atoms with Crippen LogP contribution >= 0.6 is 11.3 Å². The molecule has 1 aromatic carbocycles. The molecule has 6 rings (SSSR count). The molecule has 1 fully saturated rings. The number of pyridine rings is 2. The van der Waals surface area contributed by atoms with E-state index in [1.54, 1.807) is 24.5 Å². The van der Waals surface area contributed by atoms with Crippen LogP contribution in [0, 0.1) is 6.92 Å². The van der Waals surface area contributed by atoms with Gasteiger partial charge in [-0.3, -0.25) is 14.5 Å². The van der Waals surface area contributed by atoms with Gasteiger partial charge >= 0.3 is 6.03 Å². The summed E-state index contributed by atoms with van der Waals surface area (Å²) in [6.45, 7) is 5.84. The van der Waals surface area contributed by atoms with E-state index in [1.165, 1.54) is 22.3 Å². The molecule has 0 aliphatic carbocycles. The second-order valence-corrected chi connectivity index (χ2v) is 10.2. The number of rotatable bonds is 7. The van der Waals surface area contributed by atoms with E-state index in [9.17, 15) is 14.4 Å². The van der Waals surface area contributed by atoms with Crippen molar-refractivity contribution in [3.63, 3.8) is 0 Å². The third-order valence-corrected chi connectivity index (χ3v) is 7.72. The average molecular weight is 557 g/mol. The maximum atomic E-state index is 13.5. The van der Waals surface area contributed by atoms with Gasteiger partial charge < -0.3 is 25.4 Å². The van der Waals surface area contributed by atoms with Gasteiger partial charge in [0.25, 0.3) is 5.91 Å². The second kappa shape index (κ2) is 10.4. The fourth-order valence-corrected chi connectivity index (χ4v) is 5.74. The van der Waals surface area contributed by atoms with Crippen LogP contribution in [0.3, 0.4) is 0 Å². The summed E-state index contributed by atoms with van der Waals surface area (Å²) in [7, 11) is 0. The van der Waals surface area contributed by atoms with E-state index in [2.05, 4.69) is 32.5 Å². The zero-order valence-corrected chi connectivity index (χ0v) is 22.2. The Labute approximate surface area is 232 Å². The van der Waals surface area contributed by atoms with Crippen molar-refractivity contribution >= 4 is 56.5 Å². The maximum absolute atomic E-state index is 13.5. The number of amides is 4. The zero-order valence-electron chi connectivity index (χ0n) is 21.3. The number of benzene rings is 1. The van der Waals surface area contributed by atoms with Gasteiger partial charge in [-0.2, -0.15) is 0 Å². The zero-order chi connectivity index (χ0) is 27.8. The molecule has 5 heterocycles. The van der Waals surface area contributed by atoms with Crippen LogP contribution in [0.25, 0.3) is 10.2 Å². The molecule has 4 aromatic rings. The maximum Gasteiger partial charge on any atom is 0.331 e. The molecule has 0 saturated carbocycles. The predicted octanol–water partition coefficient (Wildman–Crippen LogP) is 4.28. The first-order valence-corrected chi connectivity index (χ1v) is 13.3. The Bertz CT molecular complexity index is 1660. The third kappa shape index (κ3) is 4.63. The Hall–Kier alpha value is -4.81. The van der Waals surface area contributed by atoms with Crippen molar-refractivity contribution < 1.29 is 23.9 Å². The van der Waals surface area contributed by atoms with E-state index in [0.29, 0.717) is 43.8 Å². The smallest absolute Gasteiger partial charge is 0.331 e. The van der Waals surface area contributed by atoms with Gasteiger partial charge in [0.05, 0.1) is 53.9 Å². The molecule has 40 heavy (non-hydrogen) atoms. The van der Waals surface area contributed by atoms with Crippen LogP contribution in [0.4, 0.5) is 21.9 Å². The summed E-state index contributed by atoms with van der Waals surface area (Å²) in [4.78, 5) is 49.9. The third-order valence-electron chi connectivity index (χ3n) is 6.63. The standard InChI is InChI=1S/C28H24N6O5S/c1-3-21(35)31-17-13-38-14-18(17)32-26(36)25-24-23-19(9-10-29-27(23)40-25)34(28(37)33-24)20-12-30-22(11-15(20)2)39-16-7-5-4-6-8-16/h3-12,17-18H,1,13-14H2,2H3,(H,31,35)(H,32,36)(H,33,37)/t17-,18+/m0/s1. The molecule has 2 aliphatic rings. The first kappa shape index (κ1) is 25.5.